The summed E-state index contributed by atoms with van der Waals surface area (Å²) in [6.07, 6.45) is 0.911. The van der Waals surface area contributed by atoms with Gasteiger partial charge in [-0.2, -0.15) is 0 Å². The molecule has 1 aromatic rings. The summed E-state index contributed by atoms with van der Waals surface area (Å²) >= 11 is 0. The highest BCUT2D eigenvalue weighted by Crippen LogP contribution is 2.49. The number of hydrogen-bond acceptors (Lipinski definition) is 5. The van der Waals surface area contributed by atoms with Crippen LogP contribution in [-0.4, -0.2) is 62.1 Å². The SMILES string of the molecule is COc1cc(C2CC2CN(O)C(N)=O)ccc1OCCN(C)C. The molecule has 2 amide bonds. The van der Waals surface area contributed by atoms with E-state index in [0.717, 1.165) is 24.3 Å². The number of hydroxylamine groups is 2. The van der Waals surface area contributed by atoms with E-state index in [-0.39, 0.29) is 12.5 Å². The molecule has 0 aliphatic heterocycles. The summed E-state index contributed by atoms with van der Waals surface area (Å²) in [7, 11) is 5.60. The molecule has 0 heterocycles. The van der Waals surface area contributed by atoms with Gasteiger partial charge in [-0.3, -0.25) is 5.21 Å². The minimum atomic E-state index is -0.821. The smallest absolute Gasteiger partial charge is 0.338 e. The average molecular weight is 323 g/mol. The number of methoxy groups -OCH3 is 1. The van der Waals surface area contributed by atoms with Crippen molar-refractivity contribution in [3.63, 3.8) is 0 Å². The lowest BCUT2D eigenvalue weighted by Crippen LogP contribution is -2.34. The summed E-state index contributed by atoms with van der Waals surface area (Å²) in [6.45, 7) is 1.67. The Bertz CT molecular complexity index is 550. The Morgan fingerprint density at radius 2 is 2.13 bits per heavy atom. The lowest BCUT2D eigenvalue weighted by Gasteiger charge is -2.15. The molecule has 1 aliphatic carbocycles. The van der Waals surface area contributed by atoms with Gasteiger partial charge in [0.2, 0.25) is 0 Å². The zero-order valence-corrected chi connectivity index (χ0v) is 13.9. The van der Waals surface area contributed by atoms with E-state index in [1.165, 1.54) is 0 Å². The first-order chi connectivity index (χ1) is 10.9. The Morgan fingerprint density at radius 3 is 2.74 bits per heavy atom. The molecule has 3 N–H and O–H groups in total. The molecule has 1 saturated carbocycles. The van der Waals surface area contributed by atoms with Gasteiger partial charge in [0.25, 0.3) is 0 Å². The van der Waals surface area contributed by atoms with E-state index < -0.39 is 6.03 Å². The predicted molar refractivity (Wildman–Crippen MR) is 86.0 cm³/mol. The first kappa shape index (κ1) is 17.4. The Morgan fingerprint density at radius 1 is 1.39 bits per heavy atom. The maximum Gasteiger partial charge on any atom is 0.338 e. The number of amides is 2. The standard InChI is InChI=1S/C16H25N3O4/c1-18(2)6-7-23-14-5-4-11(9-15(14)22-3)13-8-12(13)10-19(21)16(17)20/h4-5,9,12-13,21H,6-8,10H2,1-3H3,(H2,17,20). The molecule has 2 rings (SSSR count). The molecule has 23 heavy (non-hydrogen) atoms. The minimum Gasteiger partial charge on any atom is -0.493 e. The molecule has 2 atom stereocenters. The van der Waals surface area contributed by atoms with Crippen molar-refractivity contribution in [2.75, 3.05) is 40.9 Å². The summed E-state index contributed by atoms with van der Waals surface area (Å²) in [6, 6.07) is 5.05. The van der Waals surface area contributed by atoms with Crippen LogP contribution in [-0.2, 0) is 0 Å². The van der Waals surface area contributed by atoms with Crippen molar-refractivity contribution in [2.45, 2.75) is 12.3 Å². The monoisotopic (exact) mass is 323 g/mol. The van der Waals surface area contributed by atoms with Gasteiger partial charge in [-0.15, -0.1) is 0 Å². The number of rotatable bonds is 8. The van der Waals surface area contributed by atoms with Crippen LogP contribution in [0.15, 0.2) is 18.2 Å². The predicted octanol–water partition coefficient (Wildman–Crippen LogP) is 1.51. The van der Waals surface area contributed by atoms with Crippen LogP contribution in [0.5, 0.6) is 11.5 Å². The molecule has 2 unspecified atom stereocenters. The number of primary amides is 1. The summed E-state index contributed by atoms with van der Waals surface area (Å²) in [5.74, 6) is 1.94. The number of benzene rings is 1. The topological polar surface area (TPSA) is 88.3 Å². The highest BCUT2D eigenvalue weighted by molar-refractivity contribution is 5.70. The molecule has 0 spiro atoms. The maximum absolute atomic E-state index is 10.9. The Kier molecular flexibility index (Phi) is 5.68. The van der Waals surface area contributed by atoms with Crippen LogP contribution in [0, 0.1) is 5.92 Å². The number of urea groups is 1. The van der Waals surface area contributed by atoms with Crippen molar-refractivity contribution in [2.24, 2.45) is 11.7 Å². The van der Waals surface area contributed by atoms with E-state index in [0.29, 0.717) is 23.3 Å². The normalized spacial score (nSPS) is 19.5. The highest BCUT2D eigenvalue weighted by Gasteiger charge is 2.40. The van der Waals surface area contributed by atoms with Crippen molar-refractivity contribution in [1.82, 2.24) is 9.96 Å². The summed E-state index contributed by atoms with van der Waals surface area (Å²) in [5.41, 5.74) is 6.14. The van der Waals surface area contributed by atoms with Gasteiger partial charge in [0.05, 0.1) is 13.7 Å². The lowest BCUT2D eigenvalue weighted by molar-refractivity contribution is -0.0431. The molecule has 0 saturated heterocycles. The maximum atomic E-state index is 10.9. The minimum absolute atomic E-state index is 0.220. The number of likely N-dealkylation sites (N-methyl/N-ethyl adjacent to an activating group) is 1. The van der Waals surface area contributed by atoms with Crippen molar-refractivity contribution in [1.29, 1.82) is 0 Å². The lowest BCUT2D eigenvalue weighted by atomic mass is 10.1. The van der Waals surface area contributed by atoms with Crippen LogP contribution >= 0.6 is 0 Å². The van der Waals surface area contributed by atoms with E-state index in [2.05, 4.69) is 4.90 Å². The van der Waals surface area contributed by atoms with Crippen LogP contribution in [0.4, 0.5) is 4.79 Å². The van der Waals surface area contributed by atoms with Gasteiger partial charge in [-0.1, -0.05) is 6.07 Å². The van der Waals surface area contributed by atoms with Crippen LogP contribution in [0.3, 0.4) is 0 Å². The highest BCUT2D eigenvalue weighted by atomic mass is 16.5. The Labute approximate surface area is 136 Å². The average Bonchev–Trinajstić information content (AvgIpc) is 3.26. The van der Waals surface area contributed by atoms with Gasteiger partial charge in [0.15, 0.2) is 11.5 Å². The second-order valence-corrected chi connectivity index (χ2v) is 6.08. The number of ether oxygens (including phenoxy) is 2. The van der Waals surface area contributed by atoms with E-state index in [1.807, 2.05) is 32.3 Å². The second-order valence-electron chi connectivity index (χ2n) is 6.08. The van der Waals surface area contributed by atoms with Crippen molar-refractivity contribution >= 4 is 6.03 Å². The number of carbonyl (C=O) groups excluding carboxylic acids is 1. The van der Waals surface area contributed by atoms with Gasteiger partial charge in [0, 0.05) is 6.54 Å². The van der Waals surface area contributed by atoms with Crippen molar-refractivity contribution in [3.8, 4) is 11.5 Å². The quantitative estimate of drug-likeness (QED) is 0.559. The molecule has 0 aromatic heterocycles. The first-order valence-corrected chi connectivity index (χ1v) is 7.63. The molecule has 1 aromatic carbocycles. The number of nitrogens with zero attached hydrogens (tertiary/aromatic N) is 2. The molecule has 7 heteroatoms. The molecule has 7 nitrogen and oxygen atoms in total. The number of hydrogen-bond donors (Lipinski definition) is 2. The molecular formula is C16H25N3O4. The molecule has 0 radical (unpaired) electrons. The zero-order chi connectivity index (χ0) is 17.0. The first-order valence-electron chi connectivity index (χ1n) is 7.63. The van der Waals surface area contributed by atoms with Gasteiger partial charge < -0.3 is 20.1 Å². The summed E-state index contributed by atoms with van der Waals surface area (Å²) in [5, 5.41) is 9.97. The third-order valence-electron chi connectivity index (χ3n) is 4.00. The van der Waals surface area contributed by atoms with E-state index in [1.54, 1.807) is 7.11 Å². The van der Waals surface area contributed by atoms with Gasteiger partial charge in [-0.25, -0.2) is 9.86 Å². The molecule has 128 valence electrons. The molecule has 1 fully saturated rings. The molecule has 1 aliphatic rings. The molecule has 0 bridgehead atoms. The number of nitrogens with two attached hydrogens (primary N) is 1. The zero-order valence-electron chi connectivity index (χ0n) is 13.9. The van der Waals surface area contributed by atoms with E-state index >= 15 is 0 Å². The van der Waals surface area contributed by atoms with Gasteiger partial charge >= 0.3 is 6.03 Å². The third kappa shape index (κ3) is 4.74. The fourth-order valence-electron chi connectivity index (χ4n) is 2.54. The van der Waals surface area contributed by atoms with Crippen LogP contribution in [0.1, 0.15) is 17.9 Å². The van der Waals surface area contributed by atoms with Crippen molar-refractivity contribution in [3.05, 3.63) is 23.8 Å². The van der Waals surface area contributed by atoms with E-state index in [4.69, 9.17) is 15.2 Å². The Hall–Kier alpha value is -1.99. The van der Waals surface area contributed by atoms with Gasteiger partial charge in [0.1, 0.15) is 6.61 Å². The fourth-order valence-corrected chi connectivity index (χ4v) is 2.54. The third-order valence-corrected chi connectivity index (χ3v) is 4.00. The van der Waals surface area contributed by atoms with Crippen LogP contribution < -0.4 is 15.2 Å². The largest absolute Gasteiger partial charge is 0.493 e. The van der Waals surface area contributed by atoms with Crippen LogP contribution in [0.2, 0.25) is 0 Å². The summed E-state index contributed by atoms with van der Waals surface area (Å²) in [4.78, 5) is 12.9. The van der Waals surface area contributed by atoms with Gasteiger partial charge in [-0.05, 0) is 50.0 Å². The summed E-state index contributed by atoms with van der Waals surface area (Å²) < 4.78 is 11.1. The Balaban J connectivity index is 1.96. The van der Waals surface area contributed by atoms with E-state index in [9.17, 15) is 10.0 Å². The van der Waals surface area contributed by atoms with Crippen molar-refractivity contribution < 1.29 is 19.5 Å². The molecular weight excluding hydrogens is 298 g/mol. The second kappa shape index (κ2) is 7.52. The fraction of sp³-hybridized carbons (Fsp3) is 0.562. The van der Waals surface area contributed by atoms with Crippen LogP contribution in [0.25, 0.3) is 0 Å². The number of carbonyl (C=O) groups is 1.